The van der Waals surface area contributed by atoms with E-state index in [1.807, 2.05) is 43.7 Å². The second-order valence-corrected chi connectivity index (χ2v) is 4.59. The Morgan fingerprint density at radius 3 is 2.45 bits per heavy atom. The number of aromatic nitrogens is 2. The van der Waals surface area contributed by atoms with Gasteiger partial charge in [0.1, 0.15) is 0 Å². The molecule has 0 saturated carbocycles. The van der Waals surface area contributed by atoms with Crippen LogP contribution in [0.25, 0.3) is 0 Å². The molecule has 2 aromatic rings. The molecule has 106 valence electrons. The van der Waals surface area contributed by atoms with Crippen molar-refractivity contribution in [3.63, 3.8) is 0 Å². The van der Waals surface area contributed by atoms with Crippen LogP contribution in [0.5, 0.6) is 0 Å². The van der Waals surface area contributed by atoms with Crippen LogP contribution in [0, 0.1) is 0 Å². The number of aryl methyl sites for hydroxylation is 1. The van der Waals surface area contributed by atoms with E-state index in [1.165, 1.54) is 0 Å². The molecular weight excluding hydrogens is 254 g/mol. The third-order valence-electron chi connectivity index (χ3n) is 2.98. The van der Waals surface area contributed by atoms with Crippen LogP contribution in [0.15, 0.2) is 36.7 Å². The van der Waals surface area contributed by atoms with E-state index in [-0.39, 0.29) is 12.1 Å². The molecule has 1 unspecified atom stereocenters. The maximum absolute atomic E-state index is 11.2. The monoisotopic (exact) mass is 273 g/mol. The standard InChI is InChI=1S/C14H19N5O/c1-10(11-8-16-19(3)9-11)17-12-4-6-13(7-5-12)18-14(20)15-2/h4-10,17H,1-3H3,(H2,15,18,20). The van der Waals surface area contributed by atoms with Crippen molar-refractivity contribution in [2.75, 3.05) is 17.7 Å². The lowest BCUT2D eigenvalue weighted by Crippen LogP contribution is -2.24. The average Bonchev–Trinajstić information content (AvgIpc) is 2.87. The van der Waals surface area contributed by atoms with Crippen molar-refractivity contribution in [3.8, 4) is 0 Å². The predicted octanol–water partition coefficient (Wildman–Crippen LogP) is 2.34. The van der Waals surface area contributed by atoms with Crippen LogP contribution in [-0.4, -0.2) is 22.9 Å². The van der Waals surface area contributed by atoms with Gasteiger partial charge in [-0.3, -0.25) is 4.68 Å². The Balaban J connectivity index is 1.98. The molecule has 1 heterocycles. The highest BCUT2D eigenvalue weighted by molar-refractivity contribution is 5.89. The quantitative estimate of drug-likeness (QED) is 0.800. The van der Waals surface area contributed by atoms with Crippen LogP contribution in [0.4, 0.5) is 16.2 Å². The van der Waals surface area contributed by atoms with Crippen molar-refractivity contribution in [1.29, 1.82) is 0 Å². The summed E-state index contributed by atoms with van der Waals surface area (Å²) in [5, 5.41) is 12.8. The van der Waals surface area contributed by atoms with E-state index in [1.54, 1.807) is 11.7 Å². The van der Waals surface area contributed by atoms with E-state index in [9.17, 15) is 4.79 Å². The summed E-state index contributed by atoms with van der Waals surface area (Å²) in [7, 11) is 3.48. The first-order valence-electron chi connectivity index (χ1n) is 6.42. The van der Waals surface area contributed by atoms with Gasteiger partial charge < -0.3 is 16.0 Å². The van der Waals surface area contributed by atoms with Gasteiger partial charge in [0.2, 0.25) is 0 Å². The smallest absolute Gasteiger partial charge is 0.318 e. The summed E-state index contributed by atoms with van der Waals surface area (Å²) in [6, 6.07) is 7.51. The number of nitrogens with zero attached hydrogens (tertiary/aromatic N) is 2. The van der Waals surface area contributed by atoms with Gasteiger partial charge in [0.15, 0.2) is 0 Å². The number of amides is 2. The number of nitrogens with one attached hydrogen (secondary N) is 3. The molecule has 1 aromatic heterocycles. The van der Waals surface area contributed by atoms with E-state index in [0.717, 1.165) is 16.9 Å². The molecule has 1 atom stereocenters. The summed E-state index contributed by atoms with van der Waals surface area (Å²) in [6.45, 7) is 2.08. The third-order valence-corrected chi connectivity index (χ3v) is 2.98. The van der Waals surface area contributed by atoms with E-state index < -0.39 is 0 Å². The van der Waals surface area contributed by atoms with Crippen LogP contribution in [0.2, 0.25) is 0 Å². The van der Waals surface area contributed by atoms with Gasteiger partial charge in [-0.2, -0.15) is 5.10 Å². The SMILES string of the molecule is CNC(=O)Nc1ccc(NC(C)c2cnn(C)c2)cc1. The zero-order chi connectivity index (χ0) is 14.5. The highest BCUT2D eigenvalue weighted by Crippen LogP contribution is 2.20. The van der Waals surface area contributed by atoms with Crippen LogP contribution >= 0.6 is 0 Å². The van der Waals surface area contributed by atoms with Crippen LogP contribution in [-0.2, 0) is 7.05 Å². The Bertz CT molecular complexity index is 576. The fourth-order valence-corrected chi connectivity index (χ4v) is 1.84. The minimum Gasteiger partial charge on any atom is -0.378 e. The van der Waals surface area contributed by atoms with Crippen molar-refractivity contribution in [3.05, 3.63) is 42.2 Å². The number of hydrogen-bond acceptors (Lipinski definition) is 3. The van der Waals surface area contributed by atoms with Crippen LogP contribution in [0.1, 0.15) is 18.5 Å². The first-order valence-corrected chi connectivity index (χ1v) is 6.42. The largest absolute Gasteiger partial charge is 0.378 e. The van der Waals surface area contributed by atoms with Crippen LogP contribution in [0.3, 0.4) is 0 Å². The normalized spacial score (nSPS) is 11.8. The molecule has 6 nitrogen and oxygen atoms in total. The topological polar surface area (TPSA) is 71.0 Å². The van der Waals surface area contributed by atoms with Crippen molar-refractivity contribution in [2.45, 2.75) is 13.0 Å². The molecule has 0 spiro atoms. The summed E-state index contributed by atoms with van der Waals surface area (Å²) in [5.74, 6) is 0. The third kappa shape index (κ3) is 3.50. The lowest BCUT2D eigenvalue weighted by molar-refractivity contribution is 0.254. The number of benzene rings is 1. The first kappa shape index (κ1) is 13.9. The molecule has 1 aromatic carbocycles. The van der Waals surface area contributed by atoms with Gasteiger partial charge in [-0.25, -0.2) is 4.79 Å². The zero-order valence-corrected chi connectivity index (χ0v) is 11.8. The van der Waals surface area contributed by atoms with Gasteiger partial charge in [-0.15, -0.1) is 0 Å². The molecule has 0 saturated heterocycles. The Morgan fingerprint density at radius 1 is 1.25 bits per heavy atom. The lowest BCUT2D eigenvalue weighted by Gasteiger charge is -2.14. The molecule has 0 aliphatic carbocycles. The molecule has 20 heavy (non-hydrogen) atoms. The first-order chi connectivity index (χ1) is 9.58. The fourth-order valence-electron chi connectivity index (χ4n) is 1.84. The molecule has 2 rings (SSSR count). The number of anilines is 2. The predicted molar refractivity (Wildman–Crippen MR) is 79.8 cm³/mol. The van der Waals surface area contributed by atoms with E-state index >= 15 is 0 Å². The Morgan fingerprint density at radius 2 is 1.90 bits per heavy atom. The van der Waals surface area contributed by atoms with Crippen molar-refractivity contribution < 1.29 is 4.79 Å². The molecule has 0 aliphatic rings. The summed E-state index contributed by atoms with van der Waals surface area (Å²) < 4.78 is 1.78. The van der Waals surface area contributed by atoms with Gasteiger partial charge in [0.05, 0.1) is 12.2 Å². The maximum Gasteiger partial charge on any atom is 0.318 e. The Kier molecular flexibility index (Phi) is 4.24. The Hall–Kier alpha value is -2.50. The highest BCUT2D eigenvalue weighted by atomic mass is 16.2. The van der Waals surface area contributed by atoms with E-state index in [0.29, 0.717) is 0 Å². The van der Waals surface area contributed by atoms with E-state index in [4.69, 9.17) is 0 Å². The minimum absolute atomic E-state index is 0.168. The minimum atomic E-state index is -0.227. The van der Waals surface area contributed by atoms with Gasteiger partial charge in [0, 0.05) is 37.2 Å². The van der Waals surface area contributed by atoms with Gasteiger partial charge in [0.25, 0.3) is 0 Å². The maximum atomic E-state index is 11.2. The average molecular weight is 273 g/mol. The second-order valence-electron chi connectivity index (χ2n) is 4.59. The molecule has 2 amide bonds. The number of carbonyl (C=O) groups excluding carboxylic acids is 1. The lowest BCUT2D eigenvalue weighted by atomic mass is 10.2. The van der Waals surface area contributed by atoms with Crippen molar-refractivity contribution >= 4 is 17.4 Å². The number of carbonyl (C=O) groups is 1. The summed E-state index contributed by atoms with van der Waals surface area (Å²) in [5.41, 5.74) is 2.87. The van der Waals surface area contributed by atoms with Gasteiger partial charge in [-0.1, -0.05) is 0 Å². The summed E-state index contributed by atoms with van der Waals surface area (Å²) in [4.78, 5) is 11.2. The van der Waals surface area contributed by atoms with Crippen molar-refractivity contribution in [2.24, 2.45) is 7.05 Å². The molecule has 0 fully saturated rings. The van der Waals surface area contributed by atoms with Crippen molar-refractivity contribution in [1.82, 2.24) is 15.1 Å². The number of rotatable bonds is 4. The number of urea groups is 1. The number of hydrogen-bond donors (Lipinski definition) is 3. The molecule has 0 radical (unpaired) electrons. The molecule has 3 N–H and O–H groups in total. The van der Waals surface area contributed by atoms with E-state index in [2.05, 4.69) is 28.0 Å². The summed E-state index contributed by atoms with van der Waals surface area (Å²) >= 11 is 0. The summed E-state index contributed by atoms with van der Waals surface area (Å²) in [6.07, 6.45) is 3.83. The second kappa shape index (κ2) is 6.10. The Labute approximate surface area is 118 Å². The molecule has 6 heteroatoms. The molecular formula is C14H19N5O. The van der Waals surface area contributed by atoms with Crippen LogP contribution < -0.4 is 16.0 Å². The highest BCUT2D eigenvalue weighted by Gasteiger charge is 2.07. The van der Waals surface area contributed by atoms with Gasteiger partial charge in [-0.05, 0) is 31.2 Å². The van der Waals surface area contributed by atoms with Gasteiger partial charge >= 0.3 is 6.03 Å². The molecule has 0 bridgehead atoms. The fraction of sp³-hybridized carbons (Fsp3) is 0.286. The zero-order valence-electron chi connectivity index (χ0n) is 11.8. The molecule has 0 aliphatic heterocycles.